The SMILES string of the molecule is C=C[C@@H]1C[C@]1(NC(=O)[C@@H]1C[C@@H](Oc2cc(-c3ccccc3)nc(-c3cccs3)c2)CN1C(=O)[C@@H](CC(=O)OC(C)(C)C)C(C)(C)C)C(=O)CS(=O)(=O)C1CC1. The van der Waals surface area contributed by atoms with Crippen LogP contribution in [0, 0.1) is 17.3 Å². The molecule has 0 unspecified atom stereocenters. The number of Topliss-reactive ketones (excluding diaryl/α,β-unsaturated/α-hetero) is 1. The van der Waals surface area contributed by atoms with Crippen LogP contribution in [0.15, 0.2) is 72.6 Å². The lowest BCUT2D eigenvalue weighted by molar-refractivity contribution is -0.161. The summed E-state index contributed by atoms with van der Waals surface area (Å²) in [5, 5.41) is 4.34. The first-order chi connectivity index (χ1) is 25.8. The van der Waals surface area contributed by atoms with Crippen LogP contribution in [-0.4, -0.2) is 82.7 Å². The molecule has 3 fully saturated rings. The Morgan fingerprint density at radius 3 is 2.31 bits per heavy atom. The lowest BCUT2D eigenvalue weighted by Crippen LogP contribution is -2.55. The van der Waals surface area contributed by atoms with Crippen molar-refractivity contribution < 1.29 is 37.1 Å². The maximum atomic E-state index is 14.7. The van der Waals surface area contributed by atoms with Crippen LogP contribution < -0.4 is 10.1 Å². The van der Waals surface area contributed by atoms with Crippen molar-refractivity contribution in [2.75, 3.05) is 12.3 Å². The van der Waals surface area contributed by atoms with E-state index in [9.17, 15) is 27.6 Å². The number of hydrogen-bond donors (Lipinski definition) is 1. The van der Waals surface area contributed by atoms with Gasteiger partial charge in [-0.05, 0) is 56.9 Å². The van der Waals surface area contributed by atoms with Crippen molar-refractivity contribution in [2.24, 2.45) is 17.3 Å². The molecule has 3 aliphatic rings. The Hall–Kier alpha value is -4.36. The van der Waals surface area contributed by atoms with Gasteiger partial charge in [0, 0.05) is 30.0 Å². The number of likely N-dealkylation sites (tertiary alicyclic amines) is 1. The molecule has 1 saturated heterocycles. The zero-order chi connectivity index (χ0) is 39.9. The molecule has 2 amide bonds. The highest BCUT2D eigenvalue weighted by atomic mass is 32.2. The lowest BCUT2D eigenvalue weighted by Gasteiger charge is -2.35. The van der Waals surface area contributed by atoms with Crippen molar-refractivity contribution in [3.63, 3.8) is 0 Å². The number of ether oxygens (including phenoxy) is 2. The molecule has 1 aliphatic heterocycles. The summed E-state index contributed by atoms with van der Waals surface area (Å²) in [6.07, 6.45) is 2.05. The fourth-order valence-corrected chi connectivity index (χ4v) is 9.63. The predicted octanol–water partition coefficient (Wildman–Crippen LogP) is 6.43. The van der Waals surface area contributed by atoms with Crippen molar-refractivity contribution in [2.45, 2.75) is 102 Å². The normalized spacial score (nSPS) is 23.1. The lowest BCUT2D eigenvalue weighted by atomic mass is 9.77. The third-order valence-corrected chi connectivity index (χ3v) is 13.5. The minimum absolute atomic E-state index is 0.0248. The number of amides is 2. The fraction of sp³-hybridized carbons (Fsp3) is 0.500. The number of benzene rings is 1. The standard InChI is InChI=1S/C42H51N3O8S2/c1-8-27-23-42(27,36(46)25-55(50,51)30-16-17-30)44-38(48)34-21-29(24-45(34)39(49)31(40(2,3)4)22-37(47)53-41(5,6)7)52-28-19-32(26-13-10-9-11-14-26)43-33(20-28)35-15-12-18-54-35/h8-15,18-20,27,29-31,34H,1,16-17,21-25H2,2-7H3,(H,44,48)/t27-,29-,31-,34+,42-/m1/s1. The van der Waals surface area contributed by atoms with Crippen molar-refractivity contribution in [1.82, 2.24) is 15.2 Å². The van der Waals surface area contributed by atoms with Crippen molar-refractivity contribution in [1.29, 1.82) is 0 Å². The van der Waals surface area contributed by atoms with Crippen molar-refractivity contribution >= 4 is 44.7 Å². The Morgan fingerprint density at radius 1 is 1.04 bits per heavy atom. The number of pyridine rings is 1. The summed E-state index contributed by atoms with van der Waals surface area (Å²) < 4.78 is 38.0. The molecule has 13 heteroatoms. The molecule has 2 aromatic heterocycles. The van der Waals surface area contributed by atoms with Gasteiger partial charge in [0.15, 0.2) is 15.6 Å². The Morgan fingerprint density at radius 2 is 1.73 bits per heavy atom. The Bertz CT molecular complexity index is 2050. The van der Waals surface area contributed by atoms with E-state index in [2.05, 4.69) is 11.9 Å². The molecule has 2 saturated carbocycles. The number of rotatable bonds is 14. The summed E-state index contributed by atoms with van der Waals surface area (Å²) in [7, 11) is -3.65. The molecule has 6 rings (SSSR count). The summed E-state index contributed by atoms with van der Waals surface area (Å²) in [5.41, 5.74) is -0.596. The van der Waals surface area contributed by atoms with E-state index in [1.165, 1.54) is 4.90 Å². The number of hydrogen-bond acceptors (Lipinski definition) is 10. The van der Waals surface area contributed by atoms with E-state index >= 15 is 0 Å². The molecule has 3 aromatic rings. The molecule has 0 radical (unpaired) electrons. The van der Waals surface area contributed by atoms with Gasteiger partial charge in [0.1, 0.15) is 34.8 Å². The highest BCUT2D eigenvalue weighted by molar-refractivity contribution is 7.93. The molecule has 1 N–H and O–H groups in total. The molecule has 294 valence electrons. The molecule has 11 nitrogen and oxygen atoms in total. The highest BCUT2D eigenvalue weighted by Crippen LogP contribution is 2.47. The second-order valence-electron chi connectivity index (χ2n) is 17.0. The first kappa shape index (κ1) is 40.3. The Kier molecular flexibility index (Phi) is 11.2. The Labute approximate surface area is 327 Å². The first-order valence-electron chi connectivity index (χ1n) is 18.8. The number of thiophene rings is 1. The minimum Gasteiger partial charge on any atom is -0.488 e. The van der Waals surface area contributed by atoms with Crippen molar-refractivity contribution in [3.05, 3.63) is 72.6 Å². The van der Waals surface area contributed by atoms with Gasteiger partial charge in [-0.2, -0.15) is 0 Å². The molecule has 0 spiro atoms. The number of aromatic nitrogens is 1. The largest absolute Gasteiger partial charge is 0.488 e. The van der Waals surface area contributed by atoms with E-state index in [0.29, 0.717) is 30.0 Å². The zero-order valence-electron chi connectivity index (χ0n) is 32.4. The molecule has 1 aromatic carbocycles. The minimum atomic E-state index is -3.65. The fourth-order valence-electron chi connectivity index (χ4n) is 7.23. The number of sulfone groups is 1. The zero-order valence-corrected chi connectivity index (χ0v) is 34.0. The van der Waals surface area contributed by atoms with E-state index in [-0.39, 0.29) is 25.8 Å². The summed E-state index contributed by atoms with van der Waals surface area (Å²) >= 11 is 1.54. The molecular formula is C42H51N3O8S2. The molecule has 2 aliphatic carbocycles. The maximum absolute atomic E-state index is 14.7. The van der Waals surface area contributed by atoms with E-state index in [1.807, 2.05) is 80.7 Å². The van der Waals surface area contributed by atoms with Crippen LogP contribution in [0.3, 0.4) is 0 Å². The third kappa shape index (κ3) is 9.37. The first-order valence-corrected chi connectivity index (χ1v) is 21.4. The molecule has 0 bridgehead atoms. The van der Waals surface area contributed by atoms with Crippen LogP contribution in [0.1, 0.15) is 73.6 Å². The highest BCUT2D eigenvalue weighted by Gasteiger charge is 2.61. The quantitative estimate of drug-likeness (QED) is 0.144. The number of esters is 1. The second-order valence-corrected chi connectivity index (χ2v) is 20.3. The molecule has 3 heterocycles. The number of nitrogens with one attached hydrogen (secondary N) is 1. The summed E-state index contributed by atoms with van der Waals surface area (Å²) in [5.74, 6) is -3.59. The number of ketones is 1. The molecule has 55 heavy (non-hydrogen) atoms. The number of nitrogens with zero attached hydrogens (tertiary/aromatic N) is 2. The average molecular weight is 790 g/mol. The van der Waals surface area contributed by atoms with Gasteiger partial charge in [-0.3, -0.25) is 19.2 Å². The number of carbonyl (C=O) groups excluding carboxylic acids is 4. The van der Waals surface area contributed by atoms with E-state index in [4.69, 9.17) is 14.5 Å². The Balaban J connectivity index is 1.31. The topological polar surface area (TPSA) is 149 Å². The monoisotopic (exact) mass is 789 g/mol. The molecular weight excluding hydrogens is 739 g/mol. The smallest absolute Gasteiger partial charge is 0.307 e. The van der Waals surface area contributed by atoms with Gasteiger partial charge in [-0.15, -0.1) is 17.9 Å². The molecule has 5 atom stereocenters. The van der Waals surface area contributed by atoms with Gasteiger partial charge in [-0.1, -0.05) is 63.2 Å². The second kappa shape index (κ2) is 15.3. The van der Waals surface area contributed by atoms with Crippen LogP contribution >= 0.6 is 11.3 Å². The van der Waals surface area contributed by atoms with Crippen LogP contribution in [0.5, 0.6) is 5.75 Å². The summed E-state index contributed by atoms with van der Waals surface area (Å²) in [4.78, 5) is 63.2. The van der Waals surface area contributed by atoms with Crippen LogP contribution in [0.4, 0.5) is 0 Å². The van der Waals surface area contributed by atoms with Gasteiger partial charge >= 0.3 is 5.97 Å². The van der Waals surface area contributed by atoms with Gasteiger partial charge in [0.2, 0.25) is 11.8 Å². The maximum Gasteiger partial charge on any atom is 0.307 e. The van der Waals surface area contributed by atoms with Gasteiger partial charge in [-0.25, -0.2) is 13.4 Å². The van der Waals surface area contributed by atoms with Crippen LogP contribution in [0.2, 0.25) is 0 Å². The van der Waals surface area contributed by atoms with Gasteiger partial charge in [0.25, 0.3) is 0 Å². The number of carbonyl (C=O) groups is 4. The summed E-state index contributed by atoms with van der Waals surface area (Å²) in [6, 6.07) is 16.2. The predicted molar refractivity (Wildman–Crippen MR) is 212 cm³/mol. The van der Waals surface area contributed by atoms with E-state index in [0.717, 1.165) is 10.4 Å². The van der Waals surface area contributed by atoms with Gasteiger partial charge in [0.05, 0.1) is 40.4 Å². The van der Waals surface area contributed by atoms with E-state index < -0.39 is 84.9 Å². The van der Waals surface area contributed by atoms with Gasteiger partial charge < -0.3 is 19.7 Å². The van der Waals surface area contributed by atoms with E-state index in [1.54, 1.807) is 38.2 Å². The third-order valence-electron chi connectivity index (χ3n) is 10.4. The van der Waals surface area contributed by atoms with Crippen molar-refractivity contribution in [3.8, 4) is 27.6 Å². The van der Waals surface area contributed by atoms with Crippen LogP contribution in [0.25, 0.3) is 21.8 Å². The summed E-state index contributed by atoms with van der Waals surface area (Å²) in [6.45, 7) is 14.7. The average Bonchev–Trinajstić information content (AvgIpc) is 3.98. The van der Waals surface area contributed by atoms with Crippen LogP contribution in [-0.2, 0) is 33.8 Å².